The van der Waals surface area contributed by atoms with Gasteiger partial charge in [-0.3, -0.25) is 9.36 Å². The number of nitrogens with zero attached hydrogens (tertiary/aromatic N) is 2. The molecule has 1 N–H and O–H groups in total. The molecule has 2 aromatic heterocycles. The SMILES string of the molecule is Cc1nc2c(cc1Oc1ccccc1)c(=O)cc(NC1=CCCC=C1)n2-c1ccccc1. The van der Waals surface area contributed by atoms with Crippen LogP contribution in [0, 0.1) is 6.92 Å². The molecule has 158 valence electrons. The zero-order valence-electron chi connectivity index (χ0n) is 17.8. The second-order valence-electron chi connectivity index (χ2n) is 7.69. The van der Waals surface area contributed by atoms with Crippen molar-refractivity contribution in [3.63, 3.8) is 0 Å². The maximum atomic E-state index is 13.2. The van der Waals surface area contributed by atoms with Crippen molar-refractivity contribution in [1.82, 2.24) is 9.55 Å². The number of para-hydroxylation sites is 2. The Kier molecular flexibility index (Phi) is 5.30. The molecule has 2 heterocycles. The minimum absolute atomic E-state index is 0.111. The molecule has 0 amide bonds. The molecule has 0 saturated heterocycles. The third-order valence-corrected chi connectivity index (χ3v) is 5.39. The lowest BCUT2D eigenvalue weighted by molar-refractivity contribution is 0.477. The number of allylic oxidation sites excluding steroid dienone is 3. The fourth-order valence-corrected chi connectivity index (χ4v) is 3.81. The normalized spacial score (nSPS) is 13.1. The highest BCUT2D eigenvalue weighted by Crippen LogP contribution is 2.29. The fourth-order valence-electron chi connectivity index (χ4n) is 3.81. The van der Waals surface area contributed by atoms with Crippen LogP contribution in [0.25, 0.3) is 16.7 Å². The van der Waals surface area contributed by atoms with Gasteiger partial charge in [-0.25, -0.2) is 4.98 Å². The third kappa shape index (κ3) is 3.93. The Hall–Kier alpha value is -4.12. The lowest BCUT2D eigenvalue weighted by atomic mass is 10.1. The molecule has 5 heteroatoms. The number of fused-ring (bicyclic) bond motifs is 1. The van der Waals surface area contributed by atoms with E-state index in [1.165, 1.54) is 0 Å². The Morgan fingerprint density at radius 3 is 2.44 bits per heavy atom. The Balaban J connectivity index is 1.69. The van der Waals surface area contributed by atoms with Crippen LogP contribution in [0.15, 0.2) is 102 Å². The standard InChI is InChI=1S/C27H23N3O2/c1-19-25(32-22-15-9-4-10-16-22)17-23-24(31)18-26(29-20-11-5-2-6-12-20)30(27(23)28-19)21-13-7-3-8-14-21/h3-5,7-18,29H,2,6H2,1H3. The van der Waals surface area contributed by atoms with Crippen molar-refractivity contribution >= 4 is 16.9 Å². The van der Waals surface area contributed by atoms with Crippen LogP contribution in [-0.2, 0) is 0 Å². The molecule has 0 aliphatic heterocycles. The number of hydrogen-bond acceptors (Lipinski definition) is 4. The number of anilines is 1. The first-order valence-corrected chi connectivity index (χ1v) is 10.7. The number of nitrogens with one attached hydrogen (secondary N) is 1. The number of pyridine rings is 2. The molecule has 5 rings (SSSR count). The second kappa shape index (κ2) is 8.55. The number of ether oxygens (including phenoxy) is 1. The first-order chi connectivity index (χ1) is 15.7. The molecule has 0 spiro atoms. The lowest BCUT2D eigenvalue weighted by Gasteiger charge is -2.20. The largest absolute Gasteiger partial charge is 0.455 e. The molecule has 1 aliphatic carbocycles. The van der Waals surface area contributed by atoms with Crippen molar-refractivity contribution in [3.05, 3.63) is 113 Å². The fraction of sp³-hybridized carbons (Fsp3) is 0.111. The summed E-state index contributed by atoms with van der Waals surface area (Å²) in [5, 5.41) is 3.92. The minimum atomic E-state index is -0.111. The molecular formula is C27H23N3O2. The Morgan fingerprint density at radius 1 is 0.969 bits per heavy atom. The van der Waals surface area contributed by atoms with Gasteiger partial charge in [-0.05, 0) is 56.2 Å². The molecule has 0 atom stereocenters. The highest BCUT2D eigenvalue weighted by Gasteiger charge is 2.16. The van der Waals surface area contributed by atoms with E-state index in [1.807, 2.05) is 78.2 Å². The summed E-state index contributed by atoms with van der Waals surface area (Å²) in [7, 11) is 0. The Bertz CT molecular complexity index is 1390. The first kappa shape index (κ1) is 19.8. The summed E-state index contributed by atoms with van der Waals surface area (Å²) in [6.07, 6.45) is 8.31. The van der Waals surface area contributed by atoms with E-state index in [4.69, 9.17) is 9.72 Å². The van der Waals surface area contributed by atoms with E-state index in [1.54, 1.807) is 12.1 Å². The summed E-state index contributed by atoms with van der Waals surface area (Å²) >= 11 is 0. The van der Waals surface area contributed by atoms with Crippen molar-refractivity contribution in [2.75, 3.05) is 5.32 Å². The van der Waals surface area contributed by atoms with Crippen LogP contribution in [0.5, 0.6) is 11.5 Å². The zero-order valence-corrected chi connectivity index (χ0v) is 17.8. The molecule has 5 nitrogen and oxygen atoms in total. The highest BCUT2D eigenvalue weighted by atomic mass is 16.5. The average molecular weight is 422 g/mol. The van der Waals surface area contributed by atoms with Crippen molar-refractivity contribution < 1.29 is 4.74 Å². The zero-order chi connectivity index (χ0) is 21.9. The van der Waals surface area contributed by atoms with Gasteiger partial charge >= 0.3 is 0 Å². The van der Waals surface area contributed by atoms with Crippen molar-refractivity contribution in [2.45, 2.75) is 19.8 Å². The van der Waals surface area contributed by atoms with E-state index in [-0.39, 0.29) is 5.43 Å². The third-order valence-electron chi connectivity index (χ3n) is 5.39. The number of aryl methyl sites for hydroxylation is 1. The maximum absolute atomic E-state index is 13.2. The van der Waals surface area contributed by atoms with Gasteiger partial charge in [0.1, 0.15) is 17.3 Å². The van der Waals surface area contributed by atoms with E-state index < -0.39 is 0 Å². The van der Waals surface area contributed by atoms with Gasteiger partial charge in [-0.15, -0.1) is 0 Å². The summed E-state index contributed by atoms with van der Waals surface area (Å²) in [6, 6.07) is 22.9. The summed E-state index contributed by atoms with van der Waals surface area (Å²) in [5.74, 6) is 1.95. The second-order valence-corrected chi connectivity index (χ2v) is 7.69. The van der Waals surface area contributed by atoms with Crippen LogP contribution in [0.4, 0.5) is 5.82 Å². The van der Waals surface area contributed by atoms with Crippen LogP contribution in [0.1, 0.15) is 18.5 Å². The van der Waals surface area contributed by atoms with Crippen LogP contribution in [0.2, 0.25) is 0 Å². The summed E-state index contributed by atoms with van der Waals surface area (Å²) in [5.41, 5.74) is 3.08. The molecule has 0 fully saturated rings. The quantitative estimate of drug-likeness (QED) is 0.421. The molecule has 4 aromatic rings. The van der Waals surface area contributed by atoms with Gasteiger partial charge in [0.15, 0.2) is 11.1 Å². The van der Waals surface area contributed by atoms with E-state index in [0.717, 1.165) is 24.2 Å². The lowest BCUT2D eigenvalue weighted by Crippen LogP contribution is -2.15. The summed E-state index contributed by atoms with van der Waals surface area (Å²) in [4.78, 5) is 18.0. The predicted octanol–water partition coefficient (Wildman–Crippen LogP) is 6.13. The average Bonchev–Trinajstić information content (AvgIpc) is 2.82. The van der Waals surface area contributed by atoms with Gasteiger partial charge in [0, 0.05) is 17.5 Å². The van der Waals surface area contributed by atoms with E-state index >= 15 is 0 Å². The molecule has 0 bridgehead atoms. The molecular weight excluding hydrogens is 398 g/mol. The van der Waals surface area contributed by atoms with Gasteiger partial charge in [0.25, 0.3) is 0 Å². The predicted molar refractivity (Wildman–Crippen MR) is 129 cm³/mol. The highest BCUT2D eigenvalue weighted by molar-refractivity contribution is 5.82. The van der Waals surface area contributed by atoms with E-state index in [9.17, 15) is 4.79 Å². The summed E-state index contributed by atoms with van der Waals surface area (Å²) < 4.78 is 8.01. The number of aromatic nitrogens is 2. The van der Waals surface area contributed by atoms with Gasteiger partial charge in [-0.2, -0.15) is 0 Å². The van der Waals surface area contributed by atoms with Crippen LogP contribution in [0.3, 0.4) is 0 Å². The van der Waals surface area contributed by atoms with Crippen LogP contribution in [-0.4, -0.2) is 9.55 Å². The van der Waals surface area contributed by atoms with E-state index in [2.05, 4.69) is 17.5 Å². The van der Waals surface area contributed by atoms with Gasteiger partial charge < -0.3 is 10.1 Å². The van der Waals surface area contributed by atoms with Crippen LogP contribution < -0.4 is 15.5 Å². The van der Waals surface area contributed by atoms with Crippen molar-refractivity contribution in [1.29, 1.82) is 0 Å². The van der Waals surface area contributed by atoms with Crippen molar-refractivity contribution in [2.24, 2.45) is 0 Å². The van der Waals surface area contributed by atoms with Crippen LogP contribution >= 0.6 is 0 Å². The molecule has 0 radical (unpaired) electrons. The van der Waals surface area contributed by atoms with Gasteiger partial charge in [-0.1, -0.05) is 48.6 Å². The maximum Gasteiger partial charge on any atom is 0.193 e. The molecule has 1 aliphatic rings. The molecule has 32 heavy (non-hydrogen) atoms. The molecule has 0 unspecified atom stereocenters. The topological polar surface area (TPSA) is 56.1 Å². The molecule has 2 aromatic carbocycles. The van der Waals surface area contributed by atoms with E-state index in [0.29, 0.717) is 34.0 Å². The van der Waals surface area contributed by atoms with Crippen molar-refractivity contribution in [3.8, 4) is 17.2 Å². The number of benzene rings is 2. The monoisotopic (exact) mass is 421 g/mol. The van der Waals surface area contributed by atoms with Gasteiger partial charge in [0.05, 0.1) is 11.1 Å². The molecule has 0 saturated carbocycles. The minimum Gasteiger partial charge on any atom is -0.455 e. The number of rotatable bonds is 5. The number of hydrogen-bond donors (Lipinski definition) is 1. The first-order valence-electron chi connectivity index (χ1n) is 10.7. The Morgan fingerprint density at radius 2 is 1.72 bits per heavy atom. The van der Waals surface area contributed by atoms with Gasteiger partial charge in [0.2, 0.25) is 0 Å². The summed E-state index contributed by atoms with van der Waals surface area (Å²) in [6.45, 7) is 1.89. The Labute approximate surface area is 186 Å². The smallest absolute Gasteiger partial charge is 0.193 e.